The number of nitrogens with two attached hydrogens (primary N) is 1. The lowest BCUT2D eigenvalue weighted by atomic mass is 10.1. The number of primary amides is 1. The third-order valence-corrected chi connectivity index (χ3v) is 3.62. The number of hydrogen-bond donors (Lipinski definition) is 2. The quantitative estimate of drug-likeness (QED) is 0.529. The van der Waals surface area contributed by atoms with E-state index in [2.05, 4.69) is 10.4 Å². The number of benzene rings is 2. The van der Waals surface area contributed by atoms with Gasteiger partial charge in [0.05, 0.1) is 16.8 Å². The molecule has 126 valence electrons. The van der Waals surface area contributed by atoms with Crippen molar-refractivity contribution in [3.63, 3.8) is 0 Å². The first kappa shape index (κ1) is 16.2. The van der Waals surface area contributed by atoms with Gasteiger partial charge in [0.25, 0.3) is 5.69 Å². The lowest BCUT2D eigenvalue weighted by Gasteiger charge is -2.07. The fourth-order valence-electron chi connectivity index (χ4n) is 2.36. The summed E-state index contributed by atoms with van der Waals surface area (Å²) in [5.74, 6) is -0.709. The number of nitro groups is 1. The molecule has 0 atom stereocenters. The number of aromatic nitrogens is 2. The van der Waals surface area contributed by atoms with Gasteiger partial charge in [-0.15, -0.1) is 0 Å². The van der Waals surface area contributed by atoms with Crippen LogP contribution in [-0.4, -0.2) is 20.6 Å². The standard InChI is InChI=1S/C17H15N5O3/c18-17(23)13-6-7-15(16(8-13)22(24)25)19-9-12-10-20-21(11-12)14-4-2-1-3-5-14/h1-8,10-11,19H,9H2,(H2,18,23). The van der Waals surface area contributed by atoms with E-state index in [0.29, 0.717) is 12.2 Å². The van der Waals surface area contributed by atoms with E-state index in [0.717, 1.165) is 17.3 Å². The molecule has 0 bridgehead atoms. The maximum absolute atomic E-state index is 11.2. The summed E-state index contributed by atoms with van der Waals surface area (Å²) in [6.07, 6.45) is 3.52. The largest absolute Gasteiger partial charge is 0.375 e. The Hall–Kier alpha value is -3.68. The molecule has 0 saturated carbocycles. The Kier molecular flexibility index (Phi) is 4.42. The van der Waals surface area contributed by atoms with E-state index in [1.54, 1.807) is 10.9 Å². The molecule has 1 aromatic heterocycles. The predicted molar refractivity (Wildman–Crippen MR) is 92.5 cm³/mol. The van der Waals surface area contributed by atoms with Gasteiger partial charge in [-0.2, -0.15) is 5.10 Å². The van der Waals surface area contributed by atoms with Gasteiger partial charge in [0.15, 0.2) is 0 Å². The van der Waals surface area contributed by atoms with E-state index in [4.69, 9.17) is 5.73 Å². The van der Waals surface area contributed by atoms with Crippen molar-refractivity contribution >= 4 is 17.3 Å². The van der Waals surface area contributed by atoms with E-state index in [-0.39, 0.29) is 11.3 Å². The third-order valence-electron chi connectivity index (χ3n) is 3.62. The molecule has 0 aliphatic rings. The monoisotopic (exact) mass is 337 g/mol. The van der Waals surface area contributed by atoms with Gasteiger partial charge in [-0.25, -0.2) is 4.68 Å². The highest BCUT2D eigenvalue weighted by Gasteiger charge is 2.16. The zero-order valence-electron chi connectivity index (χ0n) is 13.1. The highest BCUT2D eigenvalue weighted by Crippen LogP contribution is 2.26. The zero-order valence-corrected chi connectivity index (χ0v) is 13.1. The molecule has 0 unspecified atom stereocenters. The van der Waals surface area contributed by atoms with Gasteiger partial charge in [0, 0.05) is 29.9 Å². The second-order valence-electron chi connectivity index (χ2n) is 5.34. The average molecular weight is 337 g/mol. The molecule has 0 radical (unpaired) electrons. The van der Waals surface area contributed by atoms with Crippen molar-refractivity contribution in [2.45, 2.75) is 6.54 Å². The van der Waals surface area contributed by atoms with Crippen LogP contribution in [0.2, 0.25) is 0 Å². The Labute approximate surface area is 143 Å². The number of nitro benzene ring substituents is 1. The van der Waals surface area contributed by atoms with Gasteiger partial charge in [-0.1, -0.05) is 18.2 Å². The minimum absolute atomic E-state index is 0.0918. The molecule has 0 saturated heterocycles. The van der Waals surface area contributed by atoms with Crippen molar-refractivity contribution in [2.75, 3.05) is 5.32 Å². The number of amides is 1. The molecule has 0 aliphatic carbocycles. The smallest absolute Gasteiger partial charge is 0.293 e. The van der Waals surface area contributed by atoms with Crippen molar-refractivity contribution < 1.29 is 9.72 Å². The van der Waals surface area contributed by atoms with Crippen molar-refractivity contribution in [1.82, 2.24) is 9.78 Å². The Morgan fingerprint density at radius 1 is 1.24 bits per heavy atom. The molecule has 0 spiro atoms. The number of nitrogens with zero attached hydrogens (tertiary/aromatic N) is 3. The van der Waals surface area contributed by atoms with E-state index >= 15 is 0 Å². The van der Waals surface area contributed by atoms with Crippen LogP contribution < -0.4 is 11.1 Å². The van der Waals surface area contributed by atoms with Gasteiger partial charge in [0.2, 0.25) is 5.91 Å². The number of para-hydroxylation sites is 1. The van der Waals surface area contributed by atoms with Crippen molar-refractivity contribution in [1.29, 1.82) is 0 Å². The van der Waals surface area contributed by atoms with Crippen LogP contribution in [-0.2, 0) is 6.54 Å². The molecule has 8 nitrogen and oxygen atoms in total. The normalized spacial score (nSPS) is 10.4. The second kappa shape index (κ2) is 6.83. The Morgan fingerprint density at radius 3 is 2.68 bits per heavy atom. The summed E-state index contributed by atoms with van der Waals surface area (Å²) >= 11 is 0. The molecule has 3 rings (SSSR count). The van der Waals surface area contributed by atoms with E-state index in [1.807, 2.05) is 36.5 Å². The van der Waals surface area contributed by atoms with Crippen LogP contribution >= 0.6 is 0 Å². The van der Waals surface area contributed by atoms with Crippen LogP contribution in [0.25, 0.3) is 5.69 Å². The lowest BCUT2D eigenvalue weighted by molar-refractivity contribution is -0.384. The van der Waals surface area contributed by atoms with E-state index in [1.165, 1.54) is 12.1 Å². The fourth-order valence-corrected chi connectivity index (χ4v) is 2.36. The van der Waals surface area contributed by atoms with Crippen molar-refractivity contribution in [3.8, 4) is 5.69 Å². The lowest BCUT2D eigenvalue weighted by Crippen LogP contribution is -2.12. The highest BCUT2D eigenvalue weighted by molar-refractivity contribution is 5.94. The van der Waals surface area contributed by atoms with Gasteiger partial charge < -0.3 is 11.1 Å². The topological polar surface area (TPSA) is 116 Å². The maximum atomic E-state index is 11.2. The van der Waals surface area contributed by atoms with Gasteiger partial charge >= 0.3 is 0 Å². The Morgan fingerprint density at radius 2 is 2.00 bits per heavy atom. The number of carbonyl (C=O) groups is 1. The molecule has 2 aromatic carbocycles. The molecule has 0 aliphatic heterocycles. The summed E-state index contributed by atoms with van der Waals surface area (Å²) in [5.41, 5.74) is 7.14. The molecule has 1 heterocycles. The van der Waals surface area contributed by atoms with Gasteiger partial charge in [0.1, 0.15) is 5.69 Å². The SMILES string of the molecule is NC(=O)c1ccc(NCc2cnn(-c3ccccc3)c2)c([N+](=O)[O-])c1. The van der Waals surface area contributed by atoms with Crippen molar-refractivity contribution in [3.05, 3.63) is 82.2 Å². The molecular weight excluding hydrogens is 322 g/mol. The molecule has 0 fully saturated rings. The fraction of sp³-hybridized carbons (Fsp3) is 0.0588. The number of nitrogens with one attached hydrogen (secondary N) is 1. The molecule has 25 heavy (non-hydrogen) atoms. The van der Waals surface area contributed by atoms with Gasteiger partial charge in [-0.05, 0) is 24.3 Å². The second-order valence-corrected chi connectivity index (χ2v) is 5.34. The van der Waals surface area contributed by atoms with Crippen LogP contribution in [0.3, 0.4) is 0 Å². The number of hydrogen-bond acceptors (Lipinski definition) is 5. The minimum atomic E-state index is -0.709. The van der Waals surface area contributed by atoms with E-state index < -0.39 is 10.8 Å². The number of anilines is 1. The van der Waals surface area contributed by atoms with E-state index in [9.17, 15) is 14.9 Å². The first-order chi connectivity index (χ1) is 12.0. The molecule has 3 N–H and O–H groups in total. The summed E-state index contributed by atoms with van der Waals surface area (Å²) in [4.78, 5) is 21.8. The first-order valence-corrected chi connectivity index (χ1v) is 7.45. The minimum Gasteiger partial charge on any atom is -0.375 e. The Balaban J connectivity index is 1.77. The summed E-state index contributed by atoms with van der Waals surface area (Å²) in [5, 5.41) is 18.5. The Bertz CT molecular complexity index is 921. The van der Waals surface area contributed by atoms with Crippen LogP contribution in [0.15, 0.2) is 60.9 Å². The molecular formula is C17H15N5O3. The molecule has 1 amide bonds. The summed E-state index contributed by atoms with van der Waals surface area (Å²) in [6, 6.07) is 13.7. The van der Waals surface area contributed by atoms with Crippen LogP contribution in [0.5, 0.6) is 0 Å². The molecule has 8 heteroatoms. The predicted octanol–water partition coefficient (Wildman–Crippen LogP) is 2.49. The summed E-state index contributed by atoms with van der Waals surface area (Å²) < 4.78 is 1.72. The summed E-state index contributed by atoms with van der Waals surface area (Å²) in [6.45, 7) is 0.351. The number of carbonyl (C=O) groups excluding carboxylic acids is 1. The third kappa shape index (κ3) is 3.63. The van der Waals surface area contributed by atoms with Crippen molar-refractivity contribution in [2.24, 2.45) is 5.73 Å². The van der Waals surface area contributed by atoms with Crippen LogP contribution in [0, 0.1) is 10.1 Å². The first-order valence-electron chi connectivity index (χ1n) is 7.45. The van der Waals surface area contributed by atoms with Crippen LogP contribution in [0.4, 0.5) is 11.4 Å². The number of rotatable bonds is 6. The van der Waals surface area contributed by atoms with Gasteiger partial charge in [-0.3, -0.25) is 14.9 Å². The van der Waals surface area contributed by atoms with Crippen LogP contribution in [0.1, 0.15) is 15.9 Å². The zero-order chi connectivity index (χ0) is 17.8. The average Bonchev–Trinajstić information content (AvgIpc) is 3.09. The maximum Gasteiger partial charge on any atom is 0.293 e. The molecule has 3 aromatic rings. The highest BCUT2D eigenvalue weighted by atomic mass is 16.6. The summed E-state index contributed by atoms with van der Waals surface area (Å²) in [7, 11) is 0.